The SMILES string of the molecule is CCOC(=O)[C@@]1(C[C@@H]2CC(c3ccccc3F)=NO2)CCCN(C(C)=O)C1. The maximum absolute atomic E-state index is 14.0. The summed E-state index contributed by atoms with van der Waals surface area (Å²) in [5.41, 5.74) is 0.140. The fourth-order valence-corrected chi connectivity index (χ4v) is 3.93. The van der Waals surface area contributed by atoms with E-state index in [1.807, 2.05) is 0 Å². The normalized spacial score (nSPS) is 24.9. The number of amides is 1. The van der Waals surface area contributed by atoms with E-state index in [-0.39, 0.29) is 30.4 Å². The van der Waals surface area contributed by atoms with Crippen LogP contribution in [0.3, 0.4) is 0 Å². The summed E-state index contributed by atoms with van der Waals surface area (Å²) in [6, 6.07) is 6.43. The van der Waals surface area contributed by atoms with Crippen LogP contribution in [-0.2, 0) is 19.2 Å². The fourth-order valence-electron chi connectivity index (χ4n) is 3.93. The molecule has 2 atom stereocenters. The van der Waals surface area contributed by atoms with Gasteiger partial charge in [0, 0.05) is 38.4 Å². The van der Waals surface area contributed by atoms with Gasteiger partial charge in [-0.25, -0.2) is 4.39 Å². The molecule has 0 bridgehead atoms. The Balaban J connectivity index is 1.75. The van der Waals surface area contributed by atoms with Crippen molar-refractivity contribution < 1.29 is 23.6 Å². The zero-order valence-corrected chi connectivity index (χ0v) is 15.7. The van der Waals surface area contributed by atoms with Gasteiger partial charge in [0.15, 0.2) is 0 Å². The number of likely N-dealkylation sites (tertiary alicyclic amines) is 1. The summed E-state index contributed by atoms with van der Waals surface area (Å²) in [4.78, 5) is 31.9. The molecule has 1 fully saturated rings. The summed E-state index contributed by atoms with van der Waals surface area (Å²) < 4.78 is 19.3. The molecule has 0 spiro atoms. The highest BCUT2D eigenvalue weighted by atomic mass is 19.1. The van der Waals surface area contributed by atoms with Gasteiger partial charge in [0.2, 0.25) is 5.91 Å². The average Bonchev–Trinajstić information content (AvgIpc) is 3.10. The summed E-state index contributed by atoms with van der Waals surface area (Å²) in [7, 11) is 0. The Morgan fingerprint density at radius 3 is 2.89 bits per heavy atom. The molecule has 2 heterocycles. The van der Waals surface area contributed by atoms with E-state index in [0.717, 1.165) is 6.42 Å². The number of benzene rings is 1. The smallest absolute Gasteiger partial charge is 0.314 e. The number of nitrogens with zero attached hydrogens (tertiary/aromatic N) is 2. The molecule has 7 heteroatoms. The van der Waals surface area contributed by atoms with Gasteiger partial charge in [-0.05, 0) is 25.8 Å². The van der Waals surface area contributed by atoms with E-state index in [1.54, 1.807) is 30.0 Å². The third kappa shape index (κ3) is 4.12. The first-order valence-electron chi connectivity index (χ1n) is 9.35. The summed E-state index contributed by atoms with van der Waals surface area (Å²) in [6.45, 7) is 4.51. The Morgan fingerprint density at radius 2 is 2.19 bits per heavy atom. The van der Waals surface area contributed by atoms with Gasteiger partial charge in [0.1, 0.15) is 11.9 Å². The Labute approximate surface area is 158 Å². The third-order valence-corrected chi connectivity index (χ3v) is 5.27. The molecule has 2 aliphatic heterocycles. The van der Waals surface area contributed by atoms with Crippen molar-refractivity contribution in [3.63, 3.8) is 0 Å². The van der Waals surface area contributed by atoms with Gasteiger partial charge >= 0.3 is 5.97 Å². The van der Waals surface area contributed by atoms with Crippen LogP contribution in [0.25, 0.3) is 0 Å². The molecule has 0 saturated carbocycles. The van der Waals surface area contributed by atoms with E-state index in [9.17, 15) is 14.0 Å². The molecule has 3 rings (SSSR count). The van der Waals surface area contributed by atoms with Crippen LogP contribution in [0.5, 0.6) is 0 Å². The van der Waals surface area contributed by atoms with Gasteiger partial charge in [-0.2, -0.15) is 0 Å². The second-order valence-electron chi connectivity index (χ2n) is 7.20. The van der Waals surface area contributed by atoms with Crippen molar-refractivity contribution in [1.82, 2.24) is 4.90 Å². The van der Waals surface area contributed by atoms with Gasteiger partial charge in [0.05, 0.1) is 17.7 Å². The summed E-state index contributed by atoms with van der Waals surface area (Å²) >= 11 is 0. The number of carbonyl (C=O) groups is 2. The zero-order chi connectivity index (χ0) is 19.4. The first-order chi connectivity index (χ1) is 12.9. The highest BCUT2D eigenvalue weighted by Gasteiger charge is 2.47. The lowest BCUT2D eigenvalue weighted by molar-refractivity contribution is -0.163. The Bertz CT molecular complexity index is 751. The van der Waals surface area contributed by atoms with E-state index in [2.05, 4.69) is 5.16 Å². The maximum Gasteiger partial charge on any atom is 0.314 e. The third-order valence-electron chi connectivity index (χ3n) is 5.27. The first-order valence-corrected chi connectivity index (χ1v) is 9.35. The van der Waals surface area contributed by atoms with Crippen LogP contribution in [0, 0.1) is 11.2 Å². The Hall–Kier alpha value is -2.44. The van der Waals surface area contributed by atoms with E-state index >= 15 is 0 Å². The molecule has 6 nitrogen and oxygen atoms in total. The van der Waals surface area contributed by atoms with Gasteiger partial charge < -0.3 is 14.5 Å². The molecule has 0 aliphatic carbocycles. The first kappa shape index (κ1) is 19.3. The standard InChI is InChI=1S/C20H25FN2O4/c1-3-26-19(25)20(9-6-10-23(13-20)14(2)24)12-15-11-18(22-27-15)16-7-4-5-8-17(16)21/h4-5,7-8,15H,3,6,9-13H2,1-2H3/t15-,20+/m0/s1. The van der Waals surface area contributed by atoms with E-state index in [0.29, 0.717) is 43.6 Å². The van der Waals surface area contributed by atoms with Crippen LogP contribution in [0.4, 0.5) is 4.39 Å². The molecule has 1 amide bonds. The van der Waals surface area contributed by atoms with Gasteiger partial charge in [-0.3, -0.25) is 9.59 Å². The number of ether oxygens (including phenoxy) is 1. The monoisotopic (exact) mass is 376 g/mol. The number of hydrogen-bond acceptors (Lipinski definition) is 5. The minimum Gasteiger partial charge on any atom is -0.466 e. The number of carbonyl (C=O) groups excluding carboxylic acids is 2. The summed E-state index contributed by atoms with van der Waals surface area (Å²) in [5, 5.41) is 4.05. The molecule has 2 aliphatic rings. The summed E-state index contributed by atoms with van der Waals surface area (Å²) in [6.07, 6.45) is 1.81. The number of hydrogen-bond donors (Lipinski definition) is 0. The summed E-state index contributed by atoms with van der Waals surface area (Å²) in [5.74, 6) is -0.709. The quantitative estimate of drug-likeness (QED) is 0.741. The molecule has 1 saturated heterocycles. The van der Waals surface area contributed by atoms with Crippen LogP contribution in [0.2, 0.25) is 0 Å². The number of piperidine rings is 1. The second-order valence-corrected chi connectivity index (χ2v) is 7.20. The highest BCUT2D eigenvalue weighted by molar-refractivity contribution is 6.01. The number of oxime groups is 1. The van der Waals surface area contributed by atoms with Crippen molar-refractivity contribution >= 4 is 17.6 Å². The molecule has 0 unspecified atom stereocenters. The van der Waals surface area contributed by atoms with Crippen LogP contribution in [0.1, 0.15) is 45.1 Å². The maximum atomic E-state index is 14.0. The zero-order valence-electron chi connectivity index (χ0n) is 15.7. The fraction of sp³-hybridized carbons (Fsp3) is 0.550. The lowest BCUT2D eigenvalue weighted by Gasteiger charge is -2.41. The average molecular weight is 376 g/mol. The van der Waals surface area contributed by atoms with E-state index < -0.39 is 5.41 Å². The van der Waals surface area contributed by atoms with Crippen molar-refractivity contribution in [2.24, 2.45) is 10.6 Å². The predicted octanol–water partition coefficient (Wildman–Crippen LogP) is 2.90. The molecular formula is C20H25FN2O4. The van der Waals surface area contributed by atoms with Crippen molar-refractivity contribution in [2.45, 2.75) is 45.6 Å². The molecule has 0 aromatic heterocycles. The largest absolute Gasteiger partial charge is 0.466 e. The van der Waals surface area contributed by atoms with Gasteiger partial charge in [0.25, 0.3) is 0 Å². The Morgan fingerprint density at radius 1 is 1.41 bits per heavy atom. The van der Waals surface area contributed by atoms with E-state index in [4.69, 9.17) is 9.57 Å². The molecular weight excluding hydrogens is 351 g/mol. The van der Waals surface area contributed by atoms with Crippen LogP contribution < -0.4 is 0 Å². The minimum absolute atomic E-state index is 0.0565. The van der Waals surface area contributed by atoms with Gasteiger partial charge in [-0.1, -0.05) is 23.4 Å². The van der Waals surface area contributed by atoms with E-state index in [1.165, 1.54) is 13.0 Å². The molecule has 0 N–H and O–H groups in total. The molecule has 0 radical (unpaired) electrons. The molecule has 1 aromatic rings. The molecule has 1 aromatic carbocycles. The molecule has 146 valence electrons. The second kappa shape index (κ2) is 8.06. The number of halogens is 1. The van der Waals surface area contributed by atoms with Crippen molar-refractivity contribution in [1.29, 1.82) is 0 Å². The predicted molar refractivity (Wildman–Crippen MR) is 97.6 cm³/mol. The molecule has 27 heavy (non-hydrogen) atoms. The lowest BCUT2D eigenvalue weighted by atomic mass is 9.74. The number of esters is 1. The van der Waals surface area contributed by atoms with Gasteiger partial charge in [-0.15, -0.1) is 0 Å². The van der Waals surface area contributed by atoms with Crippen molar-refractivity contribution in [3.05, 3.63) is 35.6 Å². The van der Waals surface area contributed by atoms with Crippen LogP contribution in [-0.4, -0.2) is 48.3 Å². The topological polar surface area (TPSA) is 68.2 Å². The minimum atomic E-state index is -0.815. The van der Waals surface area contributed by atoms with Crippen molar-refractivity contribution in [3.8, 4) is 0 Å². The Kier molecular flexibility index (Phi) is 5.77. The highest BCUT2D eigenvalue weighted by Crippen LogP contribution is 2.39. The van der Waals surface area contributed by atoms with Crippen molar-refractivity contribution in [2.75, 3.05) is 19.7 Å². The van der Waals surface area contributed by atoms with Crippen LogP contribution >= 0.6 is 0 Å². The number of rotatable bonds is 5. The lowest BCUT2D eigenvalue weighted by Crippen LogP contribution is -2.51. The van der Waals surface area contributed by atoms with Crippen LogP contribution in [0.15, 0.2) is 29.4 Å².